The van der Waals surface area contributed by atoms with Crippen molar-refractivity contribution in [3.63, 3.8) is 0 Å². The number of nitrogens with one attached hydrogen (secondary N) is 5. The second kappa shape index (κ2) is 49.5. The van der Waals surface area contributed by atoms with Crippen LogP contribution in [0.3, 0.4) is 0 Å². The van der Waals surface area contributed by atoms with Crippen LogP contribution in [0.5, 0.6) is 40.2 Å². The van der Waals surface area contributed by atoms with E-state index in [2.05, 4.69) is 103 Å². The third-order valence-corrected chi connectivity index (χ3v) is 18.8. The number of hydrogen-bond acceptors (Lipinski definition) is 17. The number of ether oxygens (including phenoxy) is 12. The van der Waals surface area contributed by atoms with E-state index in [1.54, 1.807) is 59.9 Å². The van der Waals surface area contributed by atoms with Gasteiger partial charge in [0.25, 0.3) is 0 Å². The number of methoxy groups -OCH3 is 1. The molecule has 0 radical (unpaired) electrons. The fourth-order valence-corrected chi connectivity index (χ4v) is 12.6. The molecule has 644 valence electrons. The van der Waals surface area contributed by atoms with Crippen molar-refractivity contribution in [2.75, 3.05) is 73.3 Å². The summed E-state index contributed by atoms with van der Waals surface area (Å²) >= 11 is 0. The second-order valence-corrected chi connectivity index (χ2v) is 29.0. The highest BCUT2D eigenvalue weighted by molar-refractivity contribution is 5.88. The first-order valence-electron chi connectivity index (χ1n) is 41.1. The maximum Gasteiger partial charge on any atom is 0.411 e. The largest absolute Gasteiger partial charge is 0.497 e. The van der Waals surface area contributed by atoms with Crippen LogP contribution in [0.25, 0.3) is 0 Å². The highest BCUT2D eigenvalue weighted by atomic mass is 16.6. The maximum absolute atomic E-state index is 11.8. The minimum absolute atomic E-state index is 0.308. The lowest BCUT2D eigenvalue weighted by atomic mass is 10.1. The number of carbonyl (C=O) groups is 5. The molecule has 1 aliphatic carbocycles. The van der Waals surface area contributed by atoms with Gasteiger partial charge >= 0.3 is 30.5 Å². The summed E-state index contributed by atoms with van der Waals surface area (Å²) in [5, 5.41) is 13.8. The Kier molecular flexibility index (Phi) is 39.0. The highest BCUT2D eigenvalue weighted by Gasteiger charge is 2.25. The first-order valence-corrected chi connectivity index (χ1v) is 41.1. The molecule has 10 aromatic carbocycles. The smallest absolute Gasteiger partial charge is 0.411 e. The molecule has 5 N–H and O–H groups in total. The van der Waals surface area contributed by atoms with Crippen molar-refractivity contribution < 1.29 is 80.8 Å². The lowest BCUT2D eigenvalue weighted by Crippen LogP contribution is -2.15. The zero-order valence-electron chi connectivity index (χ0n) is 73.7. The van der Waals surface area contributed by atoms with E-state index < -0.39 is 30.5 Å². The first-order chi connectivity index (χ1) is 58.1. The van der Waals surface area contributed by atoms with Crippen LogP contribution < -0.4 is 59.7 Å². The monoisotopic (exact) mass is 1650 g/mol. The molecule has 0 saturated heterocycles. The molecular formula is C99H121N5O17. The molecule has 0 atom stereocenters. The first kappa shape index (κ1) is 95.3. The van der Waals surface area contributed by atoms with Crippen LogP contribution in [-0.4, -0.2) is 77.2 Å². The Morgan fingerprint density at radius 1 is 0.281 bits per heavy atom. The maximum atomic E-state index is 11.8. The van der Waals surface area contributed by atoms with Crippen LogP contribution in [0.4, 0.5) is 52.4 Å². The van der Waals surface area contributed by atoms with Crippen molar-refractivity contribution in [2.24, 2.45) is 0 Å². The average molecular weight is 1650 g/mol. The van der Waals surface area contributed by atoms with Gasteiger partial charge in [0.2, 0.25) is 0 Å². The lowest BCUT2D eigenvalue weighted by molar-refractivity contribution is 0.167. The predicted octanol–water partition coefficient (Wildman–Crippen LogP) is 24.4. The van der Waals surface area contributed by atoms with Gasteiger partial charge in [-0.3, -0.25) is 26.6 Å². The van der Waals surface area contributed by atoms with E-state index in [1.807, 2.05) is 178 Å². The van der Waals surface area contributed by atoms with E-state index in [1.165, 1.54) is 51.8 Å². The zero-order chi connectivity index (χ0) is 87.9. The van der Waals surface area contributed by atoms with Gasteiger partial charge in [0.05, 0.1) is 75.2 Å². The molecule has 1 fully saturated rings. The SMILES string of the molecule is CCOC(=O)Nc1ccc(C)cc1COc1ccc(C)cc1C.CCOC(=O)Nc1ccc(C2CC2)cc1COc1ccc(C)cc1C.CCOC(=O)Nc1ccc(CC)cc1COc1ccc(C)cc1C.CCOC(=O)Nc1ccc(OC)cc1COc1ccc(C)cc1C.CCOC(=O)Nc1ccc(OCC)cc1COc1ccc(C)cc1C. The Balaban J connectivity index is 0.000000208. The summed E-state index contributed by atoms with van der Waals surface area (Å²) < 4.78 is 65.3. The summed E-state index contributed by atoms with van der Waals surface area (Å²) in [4.78, 5) is 58.6. The number of aryl methyl sites for hydroxylation is 12. The van der Waals surface area contributed by atoms with Gasteiger partial charge in [0.1, 0.15) is 73.3 Å². The Morgan fingerprint density at radius 3 is 0.843 bits per heavy atom. The molecule has 0 aromatic heterocycles. The molecule has 1 aliphatic rings. The molecule has 22 heteroatoms. The molecule has 5 amide bonds. The summed E-state index contributed by atoms with van der Waals surface area (Å²) in [7, 11) is 1.60. The number of anilines is 5. The van der Waals surface area contributed by atoms with E-state index >= 15 is 0 Å². The van der Waals surface area contributed by atoms with E-state index in [0.29, 0.717) is 101 Å². The second-order valence-electron chi connectivity index (χ2n) is 29.0. The summed E-state index contributed by atoms with van der Waals surface area (Å²) in [6.45, 7) is 39.3. The summed E-state index contributed by atoms with van der Waals surface area (Å²) in [6, 6.07) is 59.2. The fourth-order valence-electron chi connectivity index (χ4n) is 12.6. The van der Waals surface area contributed by atoms with Gasteiger partial charge in [-0.1, -0.05) is 137 Å². The third-order valence-electron chi connectivity index (χ3n) is 18.8. The summed E-state index contributed by atoms with van der Waals surface area (Å²) in [5.41, 5.74) is 23.0. The van der Waals surface area contributed by atoms with Crippen LogP contribution in [0, 0.1) is 76.2 Å². The minimum atomic E-state index is -0.490. The molecule has 0 unspecified atom stereocenters. The van der Waals surface area contributed by atoms with E-state index in [0.717, 1.165) is 113 Å². The van der Waals surface area contributed by atoms with Crippen LogP contribution >= 0.6 is 0 Å². The molecule has 11 rings (SSSR count). The Labute approximate surface area is 714 Å². The number of benzene rings is 10. The molecule has 10 aromatic rings. The van der Waals surface area contributed by atoms with Gasteiger partial charge < -0.3 is 56.8 Å². The molecule has 0 spiro atoms. The number of amides is 5. The van der Waals surface area contributed by atoms with Gasteiger partial charge in [0.15, 0.2) is 0 Å². The van der Waals surface area contributed by atoms with E-state index in [9.17, 15) is 24.0 Å². The fraction of sp³-hybridized carbons (Fsp3) is 0.343. The Hall–Kier alpha value is -12.9. The topological polar surface area (TPSA) is 256 Å². The Bertz CT molecular complexity index is 4930. The zero-order valence-corrected chi connectivity index (χ0v) is 73.7. The van der Waals surface area contributed by atoms with Crippen LogP contribution in [-0.2, 0) is 63.1 Å². The predicted molar refractivity (Wildman–Crippen MR) is 480 cm³/mol. The van der Waals surface area contributed by atoms with Crippen molar-refractivity contribution in [1.82, 2.24) is 0 Å². The Morgan fingerprint density at radius 2 is 0.545 bits per heavy atom. The number of carbonyl (C=O) groups excluding carboxylic acids is 5. The lowest BCUT2D eigenvalue weighted by Gasteiger charge is -2.15. The minimum Gasteiger partial charge on any atom is -0.497 e. The summed E-state index contributed by atoms with van der Waals surface area (Å²) in [5.74, 6) is 6.27. The van der Waals surface area contributed by atoms with Crippen molar-refractivity contribution >= 4 is 58.9 Å². The van der Waals surface area contributed by atoms with Crippen molar-refractivity contribution in [3.8, 4) is 40.2 Å². The van der Waals surface area contributed by atoms with Gasteiger partial charge in [0, 0.05) is 27.8 Å². The normalized spacial score (nSPS) is 10.9. The van der Waals surface area contributed by atoms with Gasteiger partial charge in [-0.25, -0.2) is 24.0 Å². The van der Waals surface area contributed by atoms with Crippen molar-refractivity contribution in [3.05, 3.63) is 282 Å². The number of rotatable bonds is 30. The highest BCUT2D eigenvalue weighted by Crippen LogP contribution is 2.42. The molecule has 0 heterocycles. The molecule has 1 saturated carbocycles. The van der Waals surface area contributed by atoms with Crippen LogP contribution in [0.15, 0.2) is 182 Å². The van der Waals surface area contributed by atoms with Crippen molar-refractivity contribution in [1.29, 1.82) is 0 Å². The van der Waals surface area contributed by atoms with Crippen LogP contribution in [0.2, 0.25) is 0 Å². The molecule has 121 heavy (non-hydrogen) atoms. The average Bonchev–Trinajstić information content (AvgIpc) is 1.67. The summed E-state index contributed by atoms with van der Waals surface area (Å²) in [6.07, 6.45) is 1.09. The van der Waals surface area contributed by atoms with Gasteiger partial charge in [-0.15, -0.1) is 0 Å². The number of hydrogen-bond donors (Lipinski definition) is 5. The van der Waals surface area contributed by atoms with Gasteiger partial charge in [-0.2, -0.15) is 0 Å². The molecule has 0 aliphatic heterocycles. The van der Waals surface area contributed by atoms with E-state index in [4.69, 9.17) is 56.8 Å². The van der Waals surface area contributed by atoms with Gasteiger partial charge in [-0.05, 0) is 267 Å². The molecular weight excluding hydrogens is 1530 g/mol. The molecule has 22 nitrogen and oxygen atoms in total. The van der Waals surface area contributed by atoms with E-state index in [-0.39, 0.29) is 0 Å². The quantitative estimate of drug-likeness (QED) is 0.0262. The molecule has 0 bridgehead atoms. The van der Waals surface area contributed by atoms with Crippen molar-refractivity contribution in [2.45, 2.75) is 183 Å². The van der Waals surface area contributed by atoms with Crippen LogP contribution in [0.1, 0.15) is 167 Å². The third kappa shape index (κ3) is 32.4. The standard InChI is InChI=1S/C21H25NO3.C20H25NO4.C20H25NO3.C19H23NO4.C19H23NO3/c1-4-24-21(23)22-19-9-8-17(16-6-7-16)12-18(19)13-25-20-10-5-14(2)11-15(20)3;1-5-23-17-8-9-18(21-20(22)24-6-2)16(12-17)13-25-19-10-7-14(3)11-15(19)4;1-5-16-8-9-18(21-20(22)23-6-2)17(12-16)13-24-19-10-7-14(3)11-15(19)4;1-5-23-19(21)20-17-8-7-16(22-4)11-15(17)12-24-18-9-6-13(2)10-14(18)3;1-5-22-19(21)20-17-8-6-14(3)11-16(17)12-23-18-9-7-13(2)10-15(18)4/h5,8-12,16H,4,6-7,13H2,1-3H3,(H,22,23);7-12H,5-6,13H2,1-4H3,(H,21,22);7-12H,5-6,13H2,1-4H3,(H,21,22);6-11H,5,12H2,1-4H3,(H,20,21);6-11H,5,12H2,1-4H3,(H,20,21).